The molecule has 0 radical (unpaired) electrons. The van der Waals surface area contributed by atoms with Gasteiger partial charge in [0.05, 0.1) is 12.5 Å². The first-order chi connectivity index (χ1) is 9.11. The number of carbonyl (C=O) groups excluding carboxylic acids is 1. The molecule has 0 aromatic carbocycles. The Morgan fingerprint density at radius 1 is 1.16 bits per heavy atom. The Bertz CT molecular complexity index is 227. The molecule has 0 saturated heterocycles. The lowest BCUT2D eigenvalue weighted by molar-refractivity contribution is -0.130. The summed E-state index contributed by atoms with van der Waals surface area (Å²) in [4.78, 5) is 13.3. The highest BCUT2D eigenvalue weighted by atomic mass is 32.2. The van der Waals surface area contributed by atoms with Gasteiger partial charge in [0.25, 0.3) is 0 Å². The summed E-state index contributed by atoms with van der Waals surface area (Å²) >= 11 is 1.03. The van der Waals surface area contributed by atoms with E-state index in [-0.39, 0.29) is 18.4 Å². The van der Waals surface area contributed by atoms with E-state index in [0.717, 1.165) is 24.6 Å². The summed E-state index contributed by atoms with van der Waals surface area (Å²) in [5.41, 5.74) is -0.701. The van der Waals surface area contributed by atoms with Crippen molar-refractivity contribution in [2.24, 2.45) is 0 Å². The van der Waals surface area contributed by atoms with Gasteiger partial charge in [-0.05, 0) is 6.42 Å². The van der Waals surface area contributed by atoms with Gasteiger partial charge < -0.3 is 15.1 Å². The number of unbranched alkanes of at least 4 members (excludes halogenated alkanes) is 6. The molecule has 1 atom stereocenters. The van der Waals surface area contributed by atoms with Crippen LogP contribution in [0.1, 0.15) is 58.3 Å². The van der Waals surface area contributed by atoms with Gasteiger partial charge in [0, 0.05) is 13.5 Å². The Morgan fingerprint density at radius 3 is 2.32 bits per heavy atom. The van der Waals surface area contributed by atoms with Crippen molar-refractivity contribution >= 4 is 17.7 Å². The third kappa shape index (κ3) is 11.3. The molecule has 0 aromatic heterocycles. The lowest BCUT2D eigenvalue weighted by atomic mass is 10.1. The normalized spacial score (nSPS) is 12.4. The second kappa shape index (κ2) is 12.8. The zero-order valence-corrected chi connectivity index (χ0v) is 13.1. The van der Waals surface area contributed by atoms with Gasteiger partial charge in [0.1, 0.15) is 5.44 Å². The Morgan fingerprint density at radius 2 is 1.74 bits per heavy atom. The smallest absolute Gasteiger partial charge is 0.222 e. The number of rotatable bonds is 12. The summed E-state index contributed by atoms with van der Waals surface area (Å²) in [5, 5.41) is 18.1. The van der Waals surface area contributed by atoms with E-state index in [1.165, 1.54) is 32.1 Å². The van der Waals surface area contributed by atoms with Crippen LogP contribution in [0.25, 0.3) is 0 Å². The highest BCUT2D eigenvalue weighted by Gasteiger charge is 2.13. The molecule has 0 heterocycles. The molecule has 0 aliphatic heterocycles. The maximum absolute atomic E-state index is 11.8. The van der Waals surface area contributed by atoms with Gasteiger partial charge in [-0.25, -0.2) is 0 Å². The number of hydrogen-bond acceptors (Lipinski definition) is 4. The van der Waals surface area contributed by atoms with E-state index in [4.69, 9.17) is 5.11 Å². The molecule has 1 unspecified atom stereocenters. The van der Waals surface area contributed by atoms with Crippen molar-refractivity contribution in [2.75, 3.05) is 19.5 Å². The van der Waals surface area contributed by atoms with Crippen LogP contribution in [0.5, 0.6) is 0 Å². The number of nitrogens with zero attached hydrogens (tertiary/aromatic N) is 1. The highest BCUT2D eigenvalue weighted by molar-refractivity contribution is 7.99. The molecule has 0 aliphatic rings. The van der Waals surface area contributed by atoms with Crippen molar-refractivity contribution in [3.63, 3.8) is 0 Å². The molecule has 2 N–H and O–H groups in total. The van der Waals surface area contributed by atoms with Crippen LogP contribution in [0.15, 0.2) is 0 Å². The first kappa shape index (κ1) is 18.7. The zero-order chi connectivity index (χ0) is 14.5. The summed E-state index contributed by atoms with van der Waals surface area (Å²) in [7, 11) is 1.70. The van der Waals surface area contributed by atoms with Crippen molar-refractivity contribution < 1.29 is 15.0 Å². The molecule has 5 heteroatoms. The van der Waals surface area contributed by atoms with Gasteiger partial charge in [-0.15, -0.1) is 11.8 Å². The van der Waals surface area contributed by atoms with Crippen LogP contribution in [0.3, 0.4) is 0 Å². The monoisotopic (exact) mass is 291 g/mol. The third-order valence-electron chi connectivity index (χ3n) is 3.12. The van der Waals surface area contributed by atoms with Crippen molar-refractivity contribution in [1.82, 2.24) is 4.90 Å². The number of thioether (sulfide) groups is 1. The Balaban J connectivity index is 3.51. The predicted octanol–water partition coefficient (Wildman–Crippen LogP) is 2.59. The number of likely N-dealkylation sites (N-methyl/N-ethyl adjacent to an activating group) is 1. The van der Waals surface area contributed by atoms with Crippen LogP contribution in [-0.4, -0.2) is 46.0 Å². The molecule has 0 spiro atoms. The van der Waals surface area contributed by atoms with E-state index in [1.807, 2.05) is 0 Å². The number of aliphatic hydroxyl groups is 2. The predicted molar refractivity (Wildman–Crippen MR) is 80.9 cm³/mol. The SMILES string of the molecule is CCCCCCCCCC(=O)N(C)CC(O)SCO. The van der Waals surface area contributed by atoms with Gasteiger partial charge >= 0.3 is 0 Å². The van der Waals surface area contributed by atoms with Crippen molar-refractivity contribution in [2.45, 2.75) is 63.7 Å². The second-order valence-electron chi connectivity index (χ2n) is 4.90. The molecule has 114 valence electrons. The Hall–Kier alpha value is -0.260. The fraction of sp³-hybridized carbons (Fsp3) is 0.929. The average Bonchev–Trinajstić information content (AvgIpc) is 2.37. The van der Waals surface area contributed by atoms with Gasteiger partial charge in [-0.1, -0.05) is 45.4 Å². The first-order valence-corrected chi connectivity index (χ1v) is 8.31. The molecule has 1 amide bonds. The Labute approximate surface area is 121 Å². The molecule has 0 saturated carbocycles. The second-order valence-corrected chi connectivity index (χ2v) is 6.03. The molecule has 0 rings (SSSR count). The van der Waals surface area contributed by atoms with Crippen LogP contribution in [-0.2, 0) is 4.79 Å². The number of amides is 1. The fourth-order valence-corrected chi connectivity index (χ4v) is 2.40. The van der Waals surface area contributed by atoms with Gasteiger partial charge in [-0.2, -0.15) is 0 Å². The maximum Gasteiger partial charge on any atom is 0.222 e. The van der Waals surface area contributed by atoms with E-state index < -0.39 is 5.44 Å². The summed E-state index contributed by atoms with van der Waals surface area (Å²) in [6.07, 6.45) is 8.94. The van der Waals surface area contributed by atoms with Gasteiger partial charge in [0.15, 0.2) is 0 Å². The molecule has 0 fully saturated rings. The van der Waals surface area contributed by atoms with Crippen LogP contribution >= 0.6 is 11.8 Å². The number of aliphatic hydroxyl groups excluding tert-OH is 2. The molecular formula is C14H29NO3S. The standard InChI is InChI=1S/C14H29NO3S/c1-3-4-5-6-7-8-9-10-13(17)15(2)11-14(18)19-12-16/h14,16,18H,3-12H2,1-2H3. The minimum atomic E-state index is -0.701. The van der Waals surface area contributed by atoms with Crippen LogP contribution in [0, 0.1) is 0 Å². The largest absolute Gasteiger partial charge is 0.386 e. The van der Waals surface area contributed by atoms with E-state index in [1.54, 1.807) is 11.9 Å². The minimum Gasteiger partial charge on any atom is -0.386 e. The highest BCUT2D eigenvalue weighted by Crippen LogP contribution is 2.11. The lowest BCUT2D eigenvalue weighted by Gasteiger charge is -2.20. The summed E-state index contributed by atoms with van der Waals surface area (Å²) in [5.74, 6) is -0.0489. The van der Waals surface area contributed by atoms with Crippen LogP contribution in [0.4, 0.5) is 0 Å². The lowest BCUT2D eigenvalue weighted by Crippen LogP contribution is -2.33. The van der Waals surface area contributed by atoms with E-state index in [0.29, 0.717) is 6.42 Å². The number of carbonyl (C=O) groups is 1. The third-order valence-corrected chi connectivity index (χ3v) is 3.80. The summed E-state index contributed by atoms with van der Waals surface area (Å²) in [6, 6.07) is 0. The maximum atomic E-state index is 11.8. The van der Waals surface area contributed by atoms with Crippen LogP contribution in [0.2, 0.25) is 0 Å². The zero-order valence-electron chi connectivity index (χ0n) is 12.3. The van der Waals surface area contributed by atoms with Crippen molar-refractivity contribution in [3.05, 3.63) is 0 Å². The van der Waals surface area contributed by atoms with Gasteiger partial charge in [0.2, 0.25) is 5.91 Å². The minimum absolute atomic E-state index is 0.0751. The molecule has 4 nitrogen and oxygen atoms in total. The van der Waals surface area contributed by atoms with Crippen LogP contribution < -0.4 is 0 Å². The van der Waals surface area contributed by atoms with E-state index >= 15 is 0 Å². The topological polar surface area (TPSA) is 60.8 Å². The quantitative estimate of drug-likeness (QED) is 0.428. The fourth-order valence-electron chi connectivity index (χ4n) is 1.90. The summed E-state index contributed by atoms with van der Waals surface area (Å²) < 4.78 is 0. The molecule has 19 heavy (non-hydrogen) atoms. The molecule has 0 aromatic rings. The van der Waals surface area contributed by atoms with Gasteiger partial charge in [-0.3, -0.25) is 4.79 Å². The van der Waals surface area contributed by atoms with Crippen molar-refractivity contribution in [3.8, 4) is 0 Å². The average molecular weight is 291 g/mol. The van der Waals surface area contributed by atoms with Crippen molar-refractivity contribution in [1.29, 1.82) is 0 Å². The molecular weight excluding hydrogens is 262 g/mol. The molecule has 0 bridgehead atoms. The number of hydrogen-bond donors (Lipinski definition) is 2. The Kier molecular flexibility index (Phi) is 12.6. The summed E-state index contributed by atoms with van der Waals surface area (Å²) in [6.45, 7) is 2.48. The molecule has 0 aliphatic carbocycles. The first-order valence-electron chi connectivity index (χ1n) is 7.26. The van der Waals surface area contributed by atoms with E-state index in [9.17, 15) is 9.90 Å². The van der Waals surface area contributed by atoms with E-state index in [2.05, 4.69) is 6.92 Å².